The fourth-order valence-corrected chi connectivity index (χ4v) is 1.30. The number of hydrogen-bond acceptors (Lipinski definition) is 3. The molecule has 82 valence electrons. The van der Waals surface area contributed by atoms with Gasteiger partial charge in [0.2, 0.25) is 0 Å². The summed E-state index contributed by atoms with van der Waals surface area (Å²) >= 11 is 0. The molecule has 0 aliphatic heterocycles. The van der Waals surface area contributed by atoms with Crippen LogP contribution in [0.1, 0.15) is 43.5 Å². The zero-order chi connectivity index (χ0) is 11.1. The minimum Gasteiger partial charge on any atom is -0.492 e. The predicted octanol–water partition coefficient (Wildman–Crippen LogP) is 2.85. The zero-order valence-electron chi connectivity index (χ0n) is 9.32. The van der Waals surface area contributed by atoms with Gasteiger partial charge in [0, 0.05) is 18.2 Å². The Labute approximate surface area is 90.5 Å². The first-order valence-electron chi connectivity index (χ1n) is 5.39. The number of pyridine rings is 1. The zero-order valence-corrected chi connectivity index (χ0v) is 9.32. The topological polar surface area (TPSA) is 39.2 Å². The smallest absolute Gasteiger partial charge is 0.164 e. The Kier molecular flexibility index (Phi) is 4.81. The van der Waals surface area contributed by atoms with Gasteiger partial charge in [-0.05, 0) is 19.4 Å². The van der Waals surface area contributed by atoms with Crippen LogP contribution in [0.3, 0.4) is 0 Å². The molecule has 0 radical (unpaired) electrons. The van der Waals surface area contributed by atoms with Gasteiger partial charge in [-0.1, -0.05) is 13.3 Å². The molecule has 1 heterocycles. The first-order chi connectivity index (χ1) is 7.27. The maximum Gasteiger partial charge on any atom is 0.164 e. The van der Waals surface area contributed by atoms with Gasteiger partial charge in [-0.25, -0.2) is 0 Å². The van der Waals surface area contributed by atoms with Crippen LogP contribution in [0.4, 0.5) is 0 Å². The molecule has 0 amide bonds. The summed E-state index contributed by atoms with van der Waals surface area (Å²) in [5, 5.41) is 0. The molecule has 1 aromatic rings. The number of carbonyl (C=O) groups is 1. The van der Waals surface area contributed by atoms with E-state index < -0.39 is 0 Å². The number of ketones is 1. The number of aromatic nitrogens is 1. The SMILES string of the molecule is CCCCC(=O)c1cncc(OCC)c1. The molecule has 3 nitrogen and oxygen atoms in total. The van der Waals surface area contributed by atoms with E-state index in [1.54, 1.807) is 18.5 Å². The van der Waals surface area contributed by atoms with Gasteiger partial charge in [-0.3, -0.25) is 9.78 Å². The van der Waals surface area contributed by atoms with E-state index >= 15 is 0 Å². The molecule has 0 aliphatic carbocycles. The first-order valence-corrected chi connectivity index (χ1v) is 5.39. The average molecular weight is 207 g/mol. The summed E-state index contributed by atoms with van der Waals surface area (Å²) in [6, 6.07) is 1.76. The molecule has 1 aromatic heterocycles. The van der Waals surface area contributed by atoms with Crippen molar-refractivity contribution in [1.82, 2.24) is 4.98 Å². The van der Waals surface area contributed by atoms with Crippen molar-refractivity contribution in [2.75, 3.05) is 6.61 Å². The summed E-state index contributed by atoms with van der Waals surface area (Å²) in [4.78, 5) is 15.7. The van der Waals surface area contributed by atoms with Crippen molar-refractivity contribution in [2.45, 2.75) is 33.1 Å². The lowest BCUT2D eigenvalue weighted by atomic mass is 10.1. The summed E-state index contributed by atoms with van der Waals surface area (Å²) in [6.07, 6.45) is 5.77. The largest absolute Gasteiger partial charge is 0.492 e. The van der Waals surface area contributed by atoms with Gasteiger partial charge in [0.1, 0.15) is 5.75 Å². The molecule has 0 N–H and O–H groups in total. The number of hydrogen-bond donors (Lipinski definition) is 0. The van der Waals surface area contributed by atoms with E-state index in [1.807, 2.05) is 6.92 Å². The molecule has 0 spiro atoms. The normalized spacial score (nSPS) is 10.0. The lowest BCUT2D eigenvalue weighted by molar-refractivity contribution is 0.0979. The van der Waals surface area contributed by atoms with Crippen molar-refractivity contribution in [3.63, 3.8) is 0 Å². The molecular weight excluding hydrogens is 190 g/mol. The van der Waals surface area contributed by atoms with Crippen LogP contribution < -0.4 is 4.74 Å². The number of Topliss-reactive ketones (excluding diaryl/α,β-unsaturated/α-hetero) is 1. The third-order valence-corrected chi connectivity index (χ3v) is 2.10. The fourth-order valence-electron chi connectivity index (χ4n) is 1.30. The second-order valence-corrected chi connectivity index (χ2v) is 3.37. The fraction of sp³-hybridized carbons (Fsp3) is 0.500. The molecular formula is C12H17NO2. The molecule has 1 rings (SSSR count). The van der Waals surface area contributed by atoms with Crippen LogP contribution in [-0.2, 0) is 0 Å². The number of ether oxygens (including phenoxy) is 1. The molecule has 3 heteroatoms. The predicted molar refractivity (Wildman–Crippen MR) is 59.3 cm³/mol. The van der Waals surface area contributed by atoms with Crippen molar-refractivity contribution < 1.29 is 9.53 Å². The summed E-state index contributed by atoms with van der Waals surface area (Å²) < 4.78 is 5.29. The molecule has 0 aliphatic rings. The van der Waals surface area contributed by atoms with Crippen molar-refractivity contribution in [3.05, 3.63) is 24.0 Å². The number of carbonyl (C=O) groups excluding carboxylic acids is 1. The lowest BCUT2D eigenvalue weighted by Gasteiger charge is -2.04. The van der Waals surface area contributed by atoms with E-state index in [0.717, 1.165) is 12.8 Å². The Morgan fingerprint density at radius 2 is 2.20 bits per heavy atom. The minimum absolute atomic E-state index is 0.144. The van der Waals surface area contributed by atoms with Crippen LogP contribution in [0.15, 0.2) is 18.5 Å². The summed E-state index contributed by atoms with van der Waals surface area (Å²) in [7, 11) is 0. The monoisotopic (exact) mass is 207 g/mol. The second kappa shape index (κ2) is 6.17. The van der Waals surface area contributed by atoms with Crippen LogP contribution in [-0.4, -0.2) is 17.4 Å². The van der Waals surface area contributed by atoms with Crippen LogP contribution >= 0.6 is 0 Å². The molecule has 0 aromatic carbocycles. The van der Waals surface area contributed by atoms with E-state index in [1.165, 1.54) is 0 Å². The van der Waals surface area contributed by atoms with Gasteiger partial charge in [-0.15, -0.1) is 0 Å². The van der Waals surface area contributed by atoms with Gasteiger partial charge in [-0.2, -0.15) is 0 Å². The molecule has 0 saturated carbocycles. The molecule has 0 unspecified atom stereocenters. The van der Waals surface area contributed by atoms with Crippen molar-refractivity contribution in [1.29, 1.82) is 0 Å². The third-order valence-electron chi connectivity index (χ3n) is 2.10. The molecule has 0 bridgehead atoms. The van der Waals surface area contributed by atoms with E-state index in [-0.39, 0.29) is 5.78 Å². The van der Waals surface area contributed by atoms with E-state index in [4.69, 9.17) is 4.74 Å². The highest BCUT2D eigenvalue weighted by atomic mass is 16.5. The van der Waals surface area contributed by atoms with Crippen LogP contribution in [0.2, 0.25) is 0 Å². The average Bonchev–Trinajstić information content (AvgIpc) is 2.27. The summed E-state index contributed by atoms with van der Waals surface area (Å²) in [6.45, 7) is 4.57. The van der Waals surface area contributed by atoms with Crippen molar-refractivity contribution in [2.24, 2.45) is 0 Å². The van der Waals surface area contributed by atoms with Crippen molar-refractivity contribution >= 4 is 5.78 Å². The van der Waals surface area contributed by atoms with Gasteiger partial charge in [0.05, 0.1) is 12.8 Å². The number of rotatable bonds is 6. The first kappa shape index (κ1) is 11.7. The minimum atomic E-state index is 0.144. The maximum absolute atomic E-state index is 11.7. The van der Waals surface area contributed by atoms with Gasteiger partial charge < -0.3 is 4.74 Å². The van der Waals surface area contributed by atoms with Crippen LogP contribution in [0.25, 0.3) is 0 Å². The third kappa shape index (κ3) is 3.70. The van der Waals surface area contributed by atoms with E-state index in [0.29, 0.717) is 24.3 Å². The maximum atomic E-state index is 11.7. The number of nitrogens with zero attached hydrogens (tertiary/aromatic N) is 1. The standard InChI is InChI=1S/C12H17NO2/c1-3-5-6-12(14)10-7-11(15-4-2)9-13-8-10/h7-9H,3-6H2,1-2H3. The van der Waals surface area contributed by atoms with Crippen LogP contribution in [0.5, 0.6) is 5.75 Å². The van der Waals surface area contributed by atoms with E-state index in [9.17, 15) is 4.79 Å². The van der Waals surface area contributed by atoms with Gasteiger partial charge >= 0.3 is 0 Å². The summed E-state index contributed by atoms with van der Waals surface area (Å²) in [5.74, 6) is 0.811. The molecule has 15 heavy (non-hydrogen) atoms. The number of unbranched alkanes of at least 4 members (excludes halogenated alkanes) is 1. The van der Waals surface area contributed by atoms with Gasteiger partial charge in [0.25, 0.3) is 0 Å². The molecule has 0 fully saturated rings. The Morgan fingerprint density at radius 3 is 2.87 bits per heavy atom. The Bertz CT molecular complexity index is 323. The quantitative estimate of drug-likeness (QED) is 0.673. The lowest BCUT2D eigenvalue weighted by Crippen LogP contribution is -2.01. The Morgan fingerprint density at radius 1 is 1.40 bits per heavy atom. The highest BCUT2D eigenvalue weighted by Crippen LogP contribution is 2.13. The summed E-state index contributed by atoms with van der Waals surface area (Å²) in [5.41, 5.74) is 0.648. The molecule has 0 saturated heterocycles. The van der Waals surface area contributed by atoms with E-state index in [2.05, 4.69) is 11.9 Å². The van der Waals surface area contributed by atoms with Gasteiger partial charge in [0.15, 0.2) is 5.78 Å². The second-order valence-electron chi connectivity index (χ2n) is 3.37. The van der Waals surface area contributed by atoms with Crippen molar-refractivity contribution in [3.8, 4) is 5.75 Å². The molecule has 0 atom stereocenters. The Balaban J connectivity index is 2.67. The highest BCUT2D eigenvalue weighted by Gasteiger charge is 2.06. The van der Waals surface area contributed by atoms with Crippen LogP contribution in [0, 0.1) is 0 Å². The highest BCUT2D eigenvalue weighted by molar-refractivity contribution is 5.96. The Hall–Kier alpha value is -1.38.